The van der Waals surface area contributed by atoms with Gasteiger partial charge in [-0.15, -0.1) is 0 Å². The van der Waals surface area contributed by atoms with E-state index in [1.807, 2.05) is 30.3 Å². The van der Waals surface area contributed by atoms with Crippen LogP contribution in [0.5, 0.6) is 0 Å². The number of aliphatic hydroxyl groups excluding tert-OH is 1. The third-order valence-electron chi connectivity index (χ3n) is 10.2. The van der Waals surface area contributed by atoms with Crippen LogP contribution < -0.4 is 0 Å². The summed E-state index contributed by atoms with van der Waals surface area (Å²) < 4.78 is 47.3. The number of carbonyl (C=O) groups is 5. The molecule has 0 amide bonds. The first-order valence-corrected chi connectivity index (χ1v) is 20.6. The van der Waals surface area contributed by atoms with Crippen LogP contribution >= 0.6 is 0 Å². The van der Waals surface area contributed by atoms with Crippen LogP contribution in [0.2, 0.25) is 18.1 Å². The molecule has 2 aromatic carbocycles. The SMILES string of the molecule is COC(=O)[C@H]1O[C@@H]([C@@H](O)C2=C[C@@H]3O[C@H](C2=O)[C@H](OCc2ccccc2)[C@H]3O[Si](C)(C)C(C)(C)C)[C@@H](OC(C)=O)[C@@H](OC(=O)c2ccccc2)[C@@H]1OC(C)=O. The summed E-state index contributed by atoms with van der Waals surface area (Å²) in [5.74, 6) is -4.39. The number of benzene rings is 2. The summed E-state index contributed by atoms with van der Waals surface area (Å²) in [4.78, 5) is 65.9. The predicted molar refractivity (Wildman–Crippen MR) is 192 cm³/mol. The highest BCUT2D eigenvalue weighted by Crippen LogP contribution is 2.44. The van der Waals surface area contributed by atoms with Crippen molar-refractivity contribution in [1.29, 1.82) is 0 Å². The molecule has 0 aromatic heterocycles. The Hall–Kier alpha value is -4.25. The molecule has 0 aliphatic carbocycles. The van der Waals surface area contributed by atoms with Gasteiger partial charge < -0.3 is 42.7 Å². The number of hydrogen-bond acceptors (Lipinski definition) is 14. The van der Waals surface area contributed by atoms with Crippen LogP contribution in [0.15, 0.2) is 72.3 Å². The number of hydrogen-bond donors (Lipinski definition) is 1. The molecule has 14 nitrogen and oxygen atoms in total. The van der Waals surface area contributed by atoms with Crippen molar-refractivity contribution < 1.29 is 66.7 Å². The first-order valence-electron chi connectivity index (χ1n) is 17.7. The second kappa shape index (κ2) is 16.6. The maximum absolute atomic E-state index is 14.4. The highest BCUT2D eigenvalue weighted by molar-refractivity contribution is 6.74. The van der Waals surface area contributed by atoms with Gasteiger partial charge in [0.1, 0.15) is 36.6 Å². The minimum Gasteiger partial charge on any atom is -0.467 e. The Morgan fingerprint density at radius 1 is 0.815 bits per heavy atom. The number of aliphatic hydroxyl groups is 1. The maximum atomic E-state index is 14.4. The highest BCUT2D eigenvalue weighted by atomic mass is 28.4. The van der Waals surface area contributed by atoms with Crippen LogP contribution in [0.25, 0.3) is 0 Å². The van der Waals surface area contributed by atoms with Gasteiger partial charge in [0.15, 0.2) is 38.5 Å². The highest BCUT2D eigenvalue weighted by Gasteiger charge is 2.60. The minimum absolute atomic E-state index is 0.0899. The van der Waals surface area contributed by atoms with E-state index in [9.17, 15) is 29.1 Å². The summed E-state index contributed by atoms with van der Waals surface area (Å²) in [6.07, 6.45) is -12.8. The van der Waals surface area contributed by atoms with Crippen LogP contribution in [0.4, 0.5) is 0 Å². The quantitative estimate of drug-likeness (QED) is 0.188. The molecule has 3 heterocycles. The molecule has 0 unspecified atom stereocenters. The molecule has 2 fully saturated rings. The Morgan fingerprint density at radius 3 is 1.98 bits per heavy atom. The number of ketones is 1. The van der Waals surface area contributed by atoms with Crippen LogP contribution in [0, 0.1) is 0 Å². The Morgan fingerprint density at radius 2 is 1.41 bits per heavy atom. The smallest absolute Gasteiger partial charge is 0.339 e. The molecule has 5 rings (SSSR count). The van der Waals surface area contributed by atoms with Gasteiger partial charge >= 0.3 is 23.9 Å². The van der Waals surface area contributed by atoms with E-state index < -0.39 is 99.0 Å². The average molecular weight is 769 g/mol. The van der Waals surface area contributed by atoms with Crippen molar-refractivity contribution in [2.24, 2.45) is 0 Å². The summed E-state index contributed by atoms with van der Waals surface area (Å²) >= 11 is 0. The van der Waals surface area contributed by atoms with E-state index >= 15 is 0 Å². The van der Waals surface area contributed by atoms with Crippen LogP contribution in [-0.2, 0) is 63.4 Å². The molecular formula is C39H48O14Si. The zero-order chi connectivity index (χ0) is 39.5. The maximum Gasteiger partial charge on any atom is 0.339 e. The third-order valence-corrected chi connectivity index (χ3v) is 14.6. The molecule has 0 radical (unpaired) electrons. The second-order valence-electron chi connectivity index (χ2n) is 15.0. The van der Waals surface area contributed by atoms with E-state index in [0.717, 1.165) is 26.5 Å². The fraction of sp³-hybridized carbons (Fsp3) is 0.513. The predicted octanol–water partition coefficient (Wildman–Crippen LogP) is 3.63. The monoisotopic (exact) mass is 768 g/mol. The molecule has 15 heteroatoms. The van der Waals surface area contributed by atoms with Gasteiger partial charge in [-0.3, -0.25) is 14.4 Å². The lowest BCUT2D eigenvalue weighted by Crippen LogP contribution is -2.66. The van der Waals surface area contributed by atoms with Gasteiger partial charge in [-0.05, 0) is 41.9 Å². The molecule has 0 saturated carbocycles. The fourth-order valence-corrected chi connectivity index (χ4v) is 7.75. The molecule has 1 N–H and O–H groups in total. The Balaban J connectivity index is 1.55. The molecule has 3 aliphatic heterocycles. The number of ether oxygens (including phenoxy) is 7. The number of esters is 4. The van der Waals surface area contributed by atoms with E-state index in [2.05, 4.69) is 33.9 Å². The molecule has 292 valence electrons. The van der Waals surface area contributed by atoms with Crippen LogP contribution in [-0.4, -0.2) is 111 Å². The third kappa shape index (κ3) is 8.82. The first-order chi connectivity index (χ1) is 25.4. The van der Waals surface area contributed by atoms with Crippen molar-refractivity contribution in [3.63, 3.8) is 0 Å². The topological polar surface area (TPSA) is 179 Å². The van der Waals surface area contributed by atoms with E-state index in [1.54, 1.807) is 18.2 Å². The van der Waals surface area contributed by atoms with Gasteiger partial charge in [0.25, 0.3) is 0 Å². The normalized spacial score (nSPS) is 28.7. The molecule has 0 spiro atoms. The number of fused-ring (bicyclic) bond motifs is 2. The summed E-state index contributed by atoms with van der Waals surface area (Å²) in [6, 6.07) is 17.2. The lowest BCUT2D eigenvalue weighted by molar-refractivity contribution is -0.253. The van der Waals surface area contributed by atoms with Gasteiger partial charge in [0.2, 0.25) is 0 Å². The standard InChI is InChI=1S/C39H48O14Si/c1-21(40)48-33-31(51-36(38(45)46-6)35(49-22(2)41)34(33)52-37(44)24-17-13-10-14-18-24)28(43)25-19-26-29(53-54(7,8)39(3,4)5)32(30(50-26)27(25)42)47-20-23-15-11-9-12-16-23/h9-19,26,28-36,43H,20H2,1-8H3/t26-,28-,29-,30+,31-,32+,33+,34+,35-,36-/m0/s1. The zero-order valence-electron chi connectivity index (χ0n) is 31.6. The van der Waals surface area contributed by atoms with Gasteiger partial charge in [-0.2, -0.15) is 0 Å². The van der Waals surface area contributed by atoms with Crippen molar-refractivity contribution in [1.82, 2.24) is 0 Å². The molecule has 54 heavy (non-hydrogen) atoms. The minimum atomic E-state index is -2.50. The van der Waals surface area contributed by atoms with Gasteiger partial charge in [-0.25, -0.2) is 9.59 Å². The van der Waals surface area contributed by atoms with Gasteiger partial charge in [-0.1, -0.05) is 69.3 Å². The molecule has 2 aromatic rings. The Bertz CT molecular complexity index is 1720. The number of Topliss-reactive ketones (excluding diaryl/α,β-unsaturated/α-hetero) is 1. The molecule has 2 bridgehead atoms. The van der Waals surface area contributed by atoms with E-state index in [4.69, 9.17) is 37.6 Å². The Labute approximate surface area is 315 Å². The Kier molecular flexibility index (Phi) is 12.6. The van der Waals surface area contributed by atoms with Crippen molar-refractivity contribution in [2.75, 3.05) is 7.11 Å². The van der Waals surface area contributed by atoms with Crippen molar-refractivity contribution in [3.8, 4) is 0 Å². The molecular weight excluding hydrogens is 721 g/mol. The van der Waals surface area contributed by atoms with E-state index in [0.29, 0.717) is 0 Å². The molecule has 3 aliphatic rings. The van der Waals surface area contributed by atoms with Gasteiger partial charge in [0, 0.05) is 19.4 Å². The summed E-state index contributed by atoms with van der Waals surface area (Å²) in [5, 5.41) is 11.9. The van der Waals surface area contributed by atoms with Crippen molar-refractivity contribution in [2.45, 2.75) is 120 Å². The average Bonchev–Trinajstić information content (AvgIpc) is 3.40. The van der Waals surface area contributed by atoms with E-state index in [1.165, 1.54) is 18.2 Å². The van der Waals surface area contributed by atoms with Crippen LogP contribution in [0.3, 0.4) is 0 Å². The molecule has 2 saturated heterocycles. The fourth-order valence-electron chi connectivity index (χ4n) is 6.45. The number of carbonyl (C=O) groups excluding carboxylic acids is 5. The van der Waals surface area contributed by atoms with Crippen molar-refractivity contribution >= 4 is 38.0 Å². The van der Waals surface area contributed by atoms with E-state index in [-0.39, 0.29) is 22.8 Å². The van der Waals surface area contributed by atoms with Crippen LogP contribution in [0.1, 0.15) is 50.5 Å². The molecule has 10 atom stereocenters. The van der Waals surface area contributed by atoms with Gasteiger partial charge in [0.05, 0.1) is 19.3 Å². The van der Waals surface area contributed by atoms with Crippen molar-refractivity contribution in [3.05, 3.63) is 83.4 Å². The largest absolute Gasteiger partial charge is 0.467 e. The summed E-state index contributed by atoms with van der Waals surface area (Å²) in [5.41, 5.74) is 0.764. The lowest BCUT2D eigenvalue weighted by atomic mass is 9.86. The zero-order valence-corrected chi connectivity index (χ0v) is 32.6. The second-order valence-corrected chi connectivity index (χ2v) is 19.7. The summed E-state index contributed by atoms with van der Waals surface area (Å²) in [7, 11) is -1.44. The number of methoxy groups -OCH3 is 1. The first kappa shape index (κ1) is 40.9. The lowest BCUT2D eigenvalue weighted by Gasteiger charge is -2.45. The number of rotatable bonds is 12. The summed E-state index contributed by atoms with van der Waals surface area (Å²) in [6.45, 7) is 12.6.